The predicted octanol–water partition coefficient (Wildman–Crippen LogP) is 3.50. The lowest BCUT2D eigenvalue weighted by atomic mass is 10.2. The van der Waals surface area contributed by atoms with Crippen molar-refractivity contribution in [1.82, 2.24) is 19.7 Å². The molecule has 0 saturated heterocycles. The van der Waals surface area contributed by atoms with E-state index in [0.29, 0.717) is 16.7 Å². The highest BCUT2D eigenvalue weighted by atomic mass is 35.5. The maximum absolute atomic E-state index is 12.7. The van der Waals surface area contributed by atoms with E-state index in [1.807, 2.05) is 0 Å². The van der Waals surface area contributed by atoms with Crippen molar-refractivity contribution in [1.29, 1.82) is 0 Å². The highest BCUT2D eigenvalue weighted by molar-refractivity contribution is 6.37. The number of halogens is 4. The van der Waals surface area contributed by atoms with Crippen molar-refractivity contribution in [2.75, 3.05) is 7.11 Å². The minimum Gasteiger partial charge on any atom is -0.495 e. The minimum atomic E-state index is -4.53. The van der Waals surface area contributed by atoms with Crippen LogP contribution >= 0.6 is 11.6 Å². The topological polar surface area (TPSA) is 52.8 Å². The number of fused-ring (bicyclic) bond motifs is 1. The van der Waals surface area contributed by atoms with E-state index >= 15 is 0 Å². The molecule has 114 valence electrons. The number of aromatic nitrogens is 4. The monoisotopic (exact) mass is 328 g/mol. The molecule has 0 saturated carbocycles. The summed E-state index contributed by atoms with van der Waals surface area (Å²) in [5.74, 6) is 0.512. The van der Waals surface area contributed by atoms with Gasteiger partial charge in [-0.1, -0.05) is 11.6 Å². The van der Waals surface area contributed by atoms with Crippen molar-refractivity contribution >= 4 is 22.5 Å². The van der Waals surface area contributed by atoms with Gasteiger partial charge in [0.2, 0.25) is 0 Å². The van der Waals surface area contributed by atoms with Crippen LogP contribution in [-0.4, -0.2) is 26.9 Å². The Balaban J connectivity index is 2.25. The fourth-order valence-corrected chi connectivity index (χ4v) is 2.32. The molecule has 0 radical (unpaired) electrons. The molecule has 0 aliphatic carbocycles. The van der Waals surface area contributed by atoms with Crippen molar-refractivity contribution in [2.24, 2.45) is 0 Å². The van der Waals surface area contributed by atoms with E-state index in [1.165, 1.54) is 19.6 Å². The lowest BCUT2D eigenvalue weighted by Crippen LogP contribution is -2.08. The second kappa shape index (κ2) is 5.13. The van der Waals surface area contributed by atoms with Crippen molar-refractivity contribution in [3.05, 3.63) is 41.4 Å². The average molecular weight is 329 g/mol. The quantitative estimate of drug-likeness (QED) is 0.722. The highest BCUT2D eigenvalue weighted by Crippen LogP contribution is 2.35. The second-order valence-corrected chi connectivity index (χ2v) is 4.69. The van der Waals surface area contributed by atoms with Gasteiger partial charge in [0.25, 0.3) is 0 Å². The van der Waals surface area contributed by atoms with Crippen LogP contribution in [0.25, 0.3) is 16.7 Å². The summed E-state index contributed by atoms with van der Waals surface area (Å²) in [6, 6.07) is 4.12. The summed E-state index contributed by atoms with van der Waals surface area (Å²) in [5, 5.41) is 4.07. The van der Waals surface area contributed by atoms with E-state index in [9.17, 15) is 13.2 Å². The first kappa shape index (κ1) is 14.6. The molecular formula is C13H8ClF3N4O. The molecule has 2 aromatic heterocycles. The number of ether oxygens (including phenoxy) is 1. The van der Waals surface area contributed by atoms with Gasteiger partial charge in [-0.3, -0.25) is 0 Å². The van der Waals surface area contributed by atoms with Gasteiger partial charge in [0.15, 0.2) is 11.5 Å². The van der Waals surface area contributed by atoms with Gasteiger partial charge in [0, 0.05) is 6.20 Å². The lowest BCUT2D eigenvalue weighted by molar-refractivity contribution is -0.141. The fourth-order valence-electron chi connectivity index (χ4n) is 2.00. The maximum atomic E-state index is 12.7. The molecule has 2 heterocycles. The smallest absolute Gasteiger partial charge is 0.435 e. The first-order valence-electron chi connectivity index (χ1n) is 6.02. The van der Waals surface area contributed by atoms with Crippen LogP contribution in [0, 0.1) is 0 Å². The van der Waals surface area contributed by atoms with E-state index in [-0.39, 0.29) is 10.8 Å². The molecule has 0 amide bonds. The summed E-state index contributed by atoms with van der Waals surface area (Å²) < 4.78 is 44.1. The summed E-state index contributed by atoms with van der Waals surface area (Å²) in [4.78, 5) is 8.04. The van der Waals surface area contributed by atoms with E-state index in [2.05, 4.69) is 15.1 Å². The molecule has 22 heavy (non-hydrogen) atoms. The standard InChI is InChI=1S/C13H8ClF3N4O/c1-22-8-3-2-7-10(11(8)14)12(19-6-18-7)21-5-4-9(20-21)13(15,16)17/h2-6H,1H3. The van der Waals surface area contributed by atoms with E-state index in [4.69, 9.17) is 16.3 Å². The van der Waals surface area contributed by atoms with Crippen molar-refractivity contribution in [3.63, 3.8) is 0 Å². The zero-order valence-corrected chi connectivity index (χ0v) is 11.9. The summed E-state index contributed by atoms with van der Waals surface area (Å²) >= 11 is 6.23. The Morgan fingerprint density at radius 1 is 1.18 bits per heavy atom. The van der Waals surface area contributed by atoms with Gasteiger partial charge in [0.05, 0.1) is 23.0 Å². The van der Waals surface area contributed by atoms with E-state index < -0.39 is 11.9 Å². The molecule has 9 heteroatoms. The molecule has 0 bridgehead atoms. The van der Waals surface area contributed by atoms with Gasteiger partial charge in [-0.2, -0.15) is 18.3 Å². The van der Waals surface area contributed by atoms with Gasteiger partial charge in [0.1, 0.15) is 12.1 Å². The van der Waals surface area contributed by atoms with Crippen LogP contribution in [0.4, 0.5) is 13.2 Å². The SMILES string of the molecule is COc1ccc2ncnc(-n3ccc(C(F)(F)F)n3)c2c1Cl. The first-order chi connectivity index (χ1) is 10.4. The maximum Gasteiger partial charge on any atom is 0.435 e. The Morgan fingerprint density at radius 3 is 2.59 bits per heavy atom. The first-order valence-corrected chi connectivity index (χ1v) is 6.40. The summed E-state index contributed by atoms with van der Waals surface area (Å²) in [6.07, 6.45) is -2.13. The molecule has 1 aromatic carbocycles. The molecule has 3 rings (SSSR count). The number of rotatable bonds is 2. The Kier molecular flexibility index (Phi) is 3.40. The molecule has 3 aromatic rings. The van der Waals surface area contributed by atoms with Crippen molar-refractivity contribution in [3.8, 4) is 11.6 Å². The average Bonchev–Trinajstić information content (AvgIpc) is 2.97. The molecule has 0 aliphatic rings. The third kappa shape index (κ3) is 2.35. The number of nitrogens with zero attached hydrogens (tertiary/aromatic N) is 4. The van der Waals surface area contributed by atoms with Crippen LogP contribution in [0.5, 0.6) is 5.75 Å². The van der Waals surface area contributed by atoms with Crippen molar-refractivity contribution in [2.45, 2.75) is 6.18 Å². The Hall–Kier alpha value is -2.35. The van der Waals surface area contributed by atoms with E-state index in [1.54, 1.807) is 12.1 Å². The van der Waals surface area contributed by atoms with Crippen LogP contribution in [0.1, 0.15) is 5.69 Å². The van der Waals surface area contributed by atoms with Gasteiger partial charge < -0.3 is 4.74 Å². The van der Waals surface area contributed by atoms with Crippen LogP contribution in [0.2, 0.25) is 5.02 Å². The molecule has 0 atom stereocenters. The number of alkyl halides is 3. The normalized spacial score (nSPS) is 11.9. The second-order valence-electron chi connectivity index (χ2n) is 4.32. The highest BCUT2D eigenvalue weighted by Gasteiger charge is 2.34. The zero-order chi connectivity index (χ0) is 15.9. The molecule has 0 unspecified atom stereocenters. The predicted molar refractivity (Wildman–Crippen MR) is 73.2 cm³/mol. The van der Waals surface area contributed by atoms with Crippen molar-refractivity contribution < 1.29 is 17.9 Å². The van der Waals surface area contributed by atoms with Crippen LogP contribution in [-0.2, 0) is 6.18 Å². The van der Waals surface area contributed by atoms with E-state index in [0.717, 1.165) is 10.7 Å². The minimum absolute atomic E-state index is 0.143. The third-order valence-electron chi connectivity index (χ3n) is 3.00. The van der Waals surface area contributed by atoms with Crippen LogP contribution < -0.4 is 4.74 Å². The molecule has 0 spiro atoms. The molecule has 5 nitrogen and oxygen atoms in total. The number of methoxy groups -OCH3 is 1. The molecule has 0 fully saturated rings. The summed E-state index contributed by atoms with van der Waals surface area (Å²) in [6.45, 7) is 0. The zero-order valence-electron chi connectivity index (χ0n) is 11.1. The molecule has 0 aliphatic heterocycles. The van der Waals surface area contributed by atoms with Gasteiger partial charge in [-0.05, 0) is 18.2 Å². The van der Waals surface area contributed by atoms with Gasteiger partial charge in [-0.15, -0.1) is 0 Å². The summed E-state index contributed by atoms with van der Waals surface area (Å²) in [5.41, 5.74) is -0.543. The summed E-state index contributed by atoms with van der Waals surface area (Å²) in [7, 11) is 1.44. The number of hydrogen-bond acceptors (Lipinski definition) is 4. The van der Waals surface area contributed by atoms with Gasteiger partial charge >= 0.3 is 6.18 Å². The lowest BCUT2D eigenvalue weighted by Gasteiger charge is -2.09. The van der Waals surface area contributed by atoms with Crippen LogP contribution in [0.3, 0.4) is 0 Å². The number of hydrogen-bond donors (Lipinski definition) is 0. The molecular weight excluding hydrogens is 321 g/mol. The fraction of sp³-hybridized carbons (Fsp3) is 0.154. The van der Waals surface area contributed by atoms with Crippen LogP contribution in [0.15, 0.2) is 30.7 Å². The largest absolute Gasteiger partial charge is 0.495 e. The third-order valence-corrected chi connectivity index (χ3v) is 3.38. The Labute approximate surface area is 127 Å². The number of benzene rings is 1. The Morgan fingerprint density at radius 2 is 1.95 bits per heavy atom. The van der Waals surface area contributed by atoms with Gasteiger partial charge in [-0.25, -0.2) is 14.6 Å². The molecule has 0 N–H and O–H groups in total. The Bertz CT molecular complexity index is 847.